The van der Waals surface area contributed by atoms with E-state index in [9.17, 15) is 0 Å². The summed E-state index contributed by atoms with van der Waals surface area (Å²) in [4.78, 5) is 0. The maximum atomic E-state index is 3.60. The van der Waals surface area contributed by atoms with Crippen molar-refractivity contribution in [3.63, 3.8) is 0 Å². The smallest absolute Gasteiger partial charge is 0.0377 e. The zero-order valence-corrected chi connectivity index (χ0v) is 28.8. The van der Waals surface area contributed by atoms with Crippen molar-refractivity contribution in [2.75, 3.05) is 0 Å². The van der Waals surface area contributed by atoms with Gasteiger partial charge in [0, 0.05) is 35.4 Å². The van der Waals surface area contributed by atoms with Crippen molar-refractivity contribution < 1.29 is 25.8 Å². The summed E-state index contributed by atoms with van der Waals surface area (Å²) in [5, 5.41) is 0. The van der Waals surface area contributed by atoms with E-state index in [1.807, 2.05) is 0 Å². The topological polar surface area (TPSA) is 0 Å². The van der Waals surface area contributed by atoms with Gasteiger partial charge in [0.2, 0.25) is 0 Å². The summed E-state index contributed by atoms with van der Waals surface area (Å²) in [6.45, 7) is 10.3. The third kappa shape index (κ3) is 7.91. The van der Waals surface area contributed by atoms with E-state index in [0.29, 0.717) is 11.8 Å². The van der Waals surface area contributed by atoms with Gasteiger partial charge in [0.1, 0.15) is 0 Å². The first kappa shape index (κ1) is 31.8. The monoisotopic (exact) mass is 696 g/mol. The Bertz CT molecular complexity index is 1200. The van der Waals surface area contributed by atoms with E-state index < -0.39 is 0 Å². The molecule has 0 saturated carbocycles. The Kier molecular flexibility index (Phi) is 13.4. The average Bonchev–Trinajstić information content (AvgIpc) is 3.73. The van der Waals surface area contributed by atoms with Crippen LogP contribution in [-0.4, -0.2) is 9.52 Å². The zero-order chi connectivity index (χ0) is 26.7. The van der Waals surface area contributed by atoms with Gasteiger partial charge in [0.25, 0.3) is 0 Å². The Hall–Kier alpha value is -1.77. The summed E-state index contributed by atoms with van der Waals surface area (Å²) in [5.41, 5.74) is 9.86. The van der Waals surface area contributed by atoms with Crippen LogP contribution in [0.3, 0.4) is 0 Å². The summed E-state index contributed by atoms with van der Waals surface area (Å²) in [5.74, 6) is 2.48. The summed E-state index contributed by atoms with van der Waals surface area (Å²) >= 11 is 0. The number of unbranched alkanes of at least 4 members (excludes halogenated alkanes) is 1. The van der Waals surface area contributed by atoms with Crippen molar-refractivity contribution in [3.05, 3.63) is 120 Å². The Morgan fingerprint density at radius 1 is 0.846 bits per heavy atom. The molecular weight excluding hydrogens is 651 g/mol. The molecule has 2 aliphatic carbocycles. The second-order valence-electron chi connectivity index (χ2n) is 10.6. The van der Waals surface area contributed by atoms with Gasteiger partial charge in [-0.1, -0.05) is 153 Å². The summed E-state index contributed by atoms with van der Waals surface area (Å²) in [6.07, 6.45) is 14.8. The van der Waals surface area contributed by atoms with Crippen molar-refractivity contribution in [1.29, 1.82) is 0 Å². The van der Waals surface area contributed by atoms with Crippen LogP contribution in [-0.2, 0) is 25.8 Å². The Balaban J connectivity index is 0.000000362. The molecule has 2 unspecified atom stereocenters. The van der Waals surface area contributed by atoms with Gasteiger partial charge in [-0.15, -0.1) is 17.9 Å². The molecule has 1 fully saturated rings. The van der Waals surface area contributed by atoms with Gasteiger partial charge in [0.05, 0.1) is 0 Å². The van der Waals surface area contributed by atoms with E-state index in [1.165, 1.54) is 86.2 Å². The van der Waals surface area contributed by atoms with Crippen LogP contribution in [0.25, 0.3) is 23.3 Å². The molecule has 0 bridgehead atoms. The minimum Gasteiger partial charge on any atom is -0.343 e. The summed E-state index contributed by atoms with van der Waals surface area (Å²) < 4.78 is 0. The van der Waals surface area contributed by atoms with Crippen molar-refractivity contribution >= 4 is 21.7 Å². The third-order valence-corrected chi connectivity index (χ3v) is 9.19. The molecule has 1 heterocycles. The fourth-order valence-corrected chi connectivity index (χ4v) is 7.14. The van der Waals surface area contributed by atoms with Gasteiger partial charge < -0.3 is 6.92 Å². The van der Waals surface area contributed by atoms with Gasteiger partial charge >= 0.3 is 0 Å². The average molecular weight is 695 g/mol. The van der Waals surface area contributed by atoms with Crippen LogP contribution >= 0.6 is 0 Å². The summed E-state index contributed by atoms with van der Waals surface area (Å²) in [6, 6.07) is 29.6. The van der Waals surface area contributed by atoms with Crippen molar-refractivity contribution in [2.45, 2.75) is 83.2 Å². The van der Waals surface area contributed by atoms with Crippen LogP contribution in [0.4, 0.5) is 0 Å². The number of hydrogen-bond acceptors (Lipinski definition) is 0. The van der Waals surface area contributed by atoms with Gasteiger partial charge in [-0.2, -0.15) is 12.8 Å². The number of benzene rings is 3. The predicted molar refractivity (Wildman–Crippen MR) is 170 cm³/mol. The SMILES string of the molecule is C1CC[Si]C1.CCC[C-](C1C=Cc2c(-c3ccccc3)cccc21)C1C(C)=Cc2ccccc21.[CH2-]CCC.[Hf]. The molecule has 3 aromatic carbocycles. The first-order chi connectivity index (χ1) is 18.7. The van der Waals surface area contributed by atoms with Crippen molar-refractivity contribution in [2.24, 2.45) is 0 Å². The van der Waals surface area contributed by atoms with Crippen LogP contribution in [0.5, 0.6) is 0 Å². The third-order valence-electron chi connectivity index (χ3n) is 7.78. The van der Waals surface area contributed by atoms with Crippen LogP contribution < -0.4 is 0 Å². The van der Waals surface area contributed by atoms with Crippen LogP contribution in [0.15, 0.2) is 84.4 Å². The molecule has 39 heavy (non-hydrogen) atoms. The molecule has 1 saturated heterocycles. The molecule has 3 aliphatic rings. The minimum absolute atomic E-state index is 0. The molecule has 202 valence electrons. The molecule has 0 spiro atoms. The van der Waals surface area contributed by atoms with E-state index in [0.717, 1.165) is 12.8 Å². The summed E-state index contributed by atoms with van der Waals surface area (Å²) in [7, 11) is 1.31. The first-order valence-corrected chi connectivity index (χ1v) is 16.1. The molecule has 0 nitrogen and oxygen atoms in total. The molecule has 2 heteroatoms. The molecular formula is C37H44HfSi-2. The van der Waals surface area contributed by atoms with Gasteiger partial charge in [-0.3, -0.25) is 5.92 Å². The molecule has 2 radical (unpaired) electrons. The van der Waals surface area contributed by atoms with E-state index in [1.54, 1.807) is 5.92 Å². The Labute approximate surface area is 260 Å². The van der Waals surface area contributed by atoms with Crippen LogP contribution in [0.2, 0.25) is 12.1 Å². The molecule has 0 aromatic heterocycles. The second kappa shape index (κ2) is 16.5. The number of fused-ring (bicyclic) bond motifs is 2. The molecule has 1 aliphatic heterocycles. The standard InChI is InChI=1S/C29H27.C4H8Si.C4H9.Hf/c1-3-10-28(29-20(2)19-22-13-7-8-14-24(22)29)27-18-17-26-23(15-9-16-25(26)27)21-11-5-4-6-12-21;1-2-4-5-3-1;1-3-4-2;/h4-9,11-19,27,29H,3,10H2,1-2H3;1-4H2;1,3-4H2,2H3;/q-1;;-1;. The largest absolute Gasteiger partial charge is 0.343 e. The number of rotatable bonds is 6. The molecule has 6 rings (SSSR count). The normalized spacial score (nSPS) is 18.2. The van der Waals surface area contributed by atoms with Crippen LogP contribution in [0, 0.1) is 12.8 Å². The maximum absolute atomic E-state index is 3.60. The zero-order valence-electron chi connectivity index (χ0n) is 24.2. The molecule has 2 atom stereocenters. The second-order valence-corrected chi connectivity index (χ2v) is 12.1. The maximum Gasteiger partial charge on any atom is 0.0377 e. The van der Waals surface area contributed by atoms with Crippen molar-refractivity contribution in [3.8, 4) is 11.1 Å². The van der Waals surface area contributed by atoms with E-state index in [4.69, 9.17) is 0 Å². The van der Waals surface area contributed by atoms with Crippen LogP contribution in [0.1, 0.15) is 93.4 Å². The molecule has 0 N–H and O–H groups in total. The molecule has 3 aromatic rings. The van der Waals surface area contributed by atoms with Gasteiger partial charge in [-0.25, -0.2) is 0 Å². The van der Waals surface area contributed by atoms with E-state index >= 15 is 0 Å². The van der Waals surface area contributed by atoms with Gasteiger partial charge in [-0.05, 0) is 29.2 Å². The fourth-order valence-electron chi connectivity index (χ4n) is 5.89. The fraction of sp³-hybridized carbons (Fsp3) is 0.351. The van der Waals surface area contributed by atoms with Gasteiger partial charge in [0.15, 0.2) is 0 Å². The number of hydrogen-bond donors (Lipinski definition) is 0. The Morgan fingerprint density at radius 3 is 2.15 bits per heavy atom. The minimum atomic E-state index is 0. The predicted octanol–water partition coefficient (Wildman–Crippen LogP) is 11.0. The number of allylic oxidation sites excluding steroid dienone is 2. The van der Waals surface area contributed by atoms with E-state index in [2.05, 4.69) is 119 Å². The quantitative estimate of drug-likeness (QED) is 0.178. The van der Waals surface area contributed by atoms with E-state index in [-0.39, 0.29) is 25.8 Å². The molecule has 0 amide bonds. The van der Waals surface area contributed by atoms with Crippen molar-refractivity contribution in [1.82, 2.24) is 0 Å². The first-order valence-electron chi connectivity index (χ1n) is 14.7. The Morgan fingerprint density at radius 2 is 1.51 bits per heavy atom.